The fourth-order valence-corrected chi connectivity index (χ4v) is 2.69. The van der Waals surface area contributed by atoms with Crippen LogP contribution in [0.5, 0.6) is 0 Å². The van der Waals surface area contributed by atoms with Crippen LogP contribution in [-0.2, 0) is 4.74 Å². The van der Waals surface area contributed by atoms with E-state index in [-0.39, 0.29) is 18.8 Å². The minimum Gasteiger partial charge on any atom is -0.394 e. The summed E-state index contributed by atoms with van der Waals surface area (Å²) in [7, 11) is 2.06. The number of benzene rings is 1. The number of rotatable bonds is 2. The van der Waals surface area contributed by atoms with Gasteiger partial charge in [-0.25, -0.2) is 0 Å². The van der Waals surface area contributed by atoms with Gasteiger partial charge in [0.25, 0.3) is 0 Å². The highest BCUT2D eigenvalue weighted by Crippen LogP contribution is 2.30. The molecule has 0 bridgehead atoms. The maximum atomic E-state index is 9.29. The molecule has 0 saturated carbocycles. The van der Waals surface area contributed by atoms with Crippen LogP contribution in [0.25, 0.3) is 10.9 Å². The van der Waals surface area contributed by atoms with Gasteiger partial charge in [0.1, 0.15) is 0 Å². The van der Waals surface area contributed by atoms with E-state index in [0.717, 1.165) is 18.6 Å². The van der Waals surface area contributed by atoms with Crippen molar-refractivity contribution in [3.63, 3.8) is 0 Å². The summed E-state index contributed by atoms with van der Waals surface area (Å²) >= 11 is 0. The Labute approximate surface area is 106 Å². The monoisotopic (exact) mass is 246 g/mol. The first-order valence-corrected chi connectivity index (χ1v) is 6.29. The topological polar surface area (TPSA) is 48.5 Å². The van der Waals surface area contributed by atoms with Gasteiger partial charge >= 0.3 is 0 Å². The lowest BCUT2D eigenvalue weighted by Gasteiger charge is -2.35. The van der Waals surface area contributed by atoms with Crippen molar-refractivity contribution in [1.29, 1.82) is 0 Å². The Morgan fingerprint density at radius 1 is 1.39 bits per heavy atom. The maximum absolute atomic E-state index is 9.29. The summed E-state index contributed by atoms with van der Waals surface area (Å²) < 4.78 is 5.96. The normalized spacial score (nSPS) is 25.7. The molecule has 1 fully saturated rings. The third-order valence-electron chi connectivity index (χ3n) is 3.53. The quantitative estimate of drug-likeness (QED) is 0.845. The third-order valence-corrected chi connectivity index (χ3v) is 3.53. The van der Waals surface area contributed by atoms with Crippen LogP contribution in [0, 0.1) is 0 Å². The molecule has 2 atom stereocenters. The van der Waals surface area contributed by atoms with E-state index in [1.807, 2.05) is 12.3 Å². The number of hydrogen-bond donors (Lipinski definition) is 2. The second-order valence-corrected chi connectivity index (χ2v) is 4.94. The van der Waals surface area contributed by atoms with Crippen LogP contribution in [0.3, 0.4) is 0 Å². The predicted octanol–water partition coefficient (Wildman–Crippen LogP) is 1.53. The summed E-state index contributed by atoms with van der Waals surface area (Å²) in [5.74, 6) is 0. The minimum absolute atomic E-state index is 0.0281. The standard InChI is InChI=1S/C14H18N2O2/c1-16-7-10(9-17)18-14(8-16)12-3-2-4-13-11(12)5-6-15-13/h2-6,10,14-15,17H,7-9H2,1H3. The maximum Gasteiger partial charge on any atom is 0.0963 e. The number of aromatic amines is 1. The molecule has 1 aromatic heterocycles. The molecule has 18 heavy (non-hydrogen) atoms. The first-order valence-electron chi connectivity index (χ1n) is 6.29. The molecule has 2 heterocycles. The molecule has 1 aromatic carbocycles. The molecule has 2 N–H and O–H groups in total. The summed E-state index contributed by atoms with van der Waals surface area (Å²) in [6, 6.07) is 8.29. The van der Waals surface area contributed by atoms with Gasteiger partial charge in [-0.2, -0.15) is 0 Å². The van der Waals surface area contributed by atoms with Crippen molar-refractivity contribution in [3.05, 3.63) is 36.0 Å². The zero-order valence-corrected chi connectivity index (χ0v) is 10.5. The molecule has 2 aromatic rings. The number of nitrogens with zero attached hydrogens (tertiary/aromatic N) is 1. The van der Waals surface area contributed by atoms with E-state index in [0.29, 0.717) is 0 Å². The van der Waals surface area contributed by atoms with Crippen molar-refractivity contribution >= 4 is 10.9 Å². The molecule has 4 heteroatoms. The van der Waals surface area contributed by atoms with Crippen molar-refractivity contribution in [2.75, 3.05) is 26.7 Å². The van der Waals surface area contributed by atoms with Crippen LogP contribution in [0.4, 0.5) is 0 Å². The van der Waals surface area contributed by atoms with E-state index in [9.17, 15) is 5.11 Å². The van der Waals surface area contributed by atoms with E-state index in [4.69, 9.17) is 4.74 Å². The first-order chi connectivity index (χ1) is 8.78. The van der Waals surface area contributed by atoms with E-state index in [1.54, 1.807) is 0 Å². The fraction of sp³-hybridized carbons (Fsp3) is 0.429. The van der Waals surface area contributed by atoms with Crippen LogP contribution >= 0.6 is 0 Å². The van der Waals surface area contributed by atoms with Gasteiger partial charge < -0.3 is 19.7 Å². The van der Waals surface area contributed by atoms with Crippen LogP contribution in [-0.4, -0.2) is 47.8 Å². The van der Waals surface area contributed by atoms with Gasteiger partial charge in [0.05, 0.1) is 18.8 Å². The largest absolute Gasteiger partial charge is 0.394 e. The fourth-order valence-electron chi connectivity index (χ4n) is 2.69. The van der Waals surface area contributed by atoms with E-state index < -0.39 is 0 Å². The molecule has 1 aliphatic rings. The molecular weight excluding hydrogens is 228 g/mol. The van der Waals surface area contributed by atoms with Gasteiger partial charge in [0, 0.05) is 30.2 Å². The van der Waals surface area contributed by atoms with Crippen molar-refractivity contribution < 1.29 is 9.84 Å². The van der Waals surface area contributed by atoms with E-state index in [1.165, 1.54) is 10.9 Å². The molecule has 1 aliphatic heterocycles. The van der Waals surface area contributed by atoms with Crippen molar-refractivity contribution in [1.82, 2.24) is 9.88 Å². The third kappa shape index (κ3) is 2.03. The molecule has 1 saturated heterocycles. The summed E-state index contributed by atoms with van der Waals surface area (Å²) in [4.78, 5) is 5.43. The van der Waals surface area contributed by atoms with Gasteiger partial charge in [-0.1, -0.05) is 12.1 Å². The number of aliphatic hydroxyl groups is 1. The Bertz CT molecular complexity index is 537. The number of likely N-dealkylation sites (N-methyl/N-ethyl adjacent to an activating group) is 1. The average Bonchev–Trinajstić information content (AvgIpc) is 2.85. The van der Waals surface area contributed by atoms with Gasteiger partial charge in [-0.3, -0.25) is 0 Å². The average molecular weight is 246 g/mol. The molecule has 96 valence electrons. The second kappa shape index (κ2) is 4.72. The van der Waals surface area contributed by atoms with Crippen molar-refractivity contribution in [3.8, 4) is 0 Å². The van der Waals surface area contributed by atoms with Crippen LogP contribution in [0.2, 0.25) is 0 Å². The van der Waals surface area contributed by atoms with Gasteiger partial charge in [-0.05, 0) is 24.7 Å². The number of ether oxygens (including phenoxy) is 1. The van der Waals surface area contributed by atoms with Gasteiger partial charge in [0.2, 0.25) is 0 Å². The zero-order valence-electron chi connectivity index (χ0n) is 10.5. The molecule has 0 aliphatic carbocycles. The smallest absolute Gasteiger partial charge is 0.0963 e. The second-order valence-electron chi connectivity index (χ2n) is 4.94. The Morgan fingerprint density at radius 3 is 3.11 bits per heavy atom. The van der Waals surface area contributed by atoms with Crippen LogP contribution < -0.4 is 0 Å². The lowest BCUT2D eigenvalue weighted by atomic mass is 10.0. The molecule has 0 radical (unpaired) electrons. The lowest BCUT2D eigenvalue weighted by Crippen LogP contribution is -2.43. The van der Waals surface area contributed by atoms with E-state index >= 15 is 0 Å². The number of morpholine rings is 1. The lowest BCUT2D eigenvalue weighted by molar-refractivity contribution is -0.0981. The minimum atomic E-state index is -0.0945. The molecule has 3 rings (SSSR count). The summed E-state index contributed by atoms with van der Waals surface area (Å²) in [6.45, 7) is 1.72. The molecule has 0 spiro atoms. The first kappa shape index (κ1) is 11.7. The Morgan fingerprint density at radius 2 is 2.28 bits per heavy atom. The molecule has 4 nitrogen and oxygen atoms in total. The number of H-pyrrole nitrogens is 1. The van der Waals surface area contributed by atoms with Crippen LogP contribution in [0.15, 0.2) is 30.5 Å². The van der Waals surface area contributed by atoms with Crippen molar-refractivity contribution in [2.24, 2.45) is 0 Å². The summed E-state index contributed by atoms with van der Waals surface area (Å²) in [5, 5.41) is 10.5. The highest BCUT2D eigenvalue weighted by molar-refractivity contribution is 5.83. The Hall–Kier alpha value is -1.36. The molecule has 2 unspecified atom stereocenters. The number of aromatic nitrogens is 1. The zero-order chi connectivity index (χ0) is 12.5. The molecule has 0 amide bonds. The number of hydrogen-bond acceptors (Lipinski definition) is 3. The Balaban J connectivity index is 1.96. The number of fused-ring (bicyclic) bond motifs is 1. The highest BCUT2D eigenvalue weighted by Gasteiger charge is 2.27. The highest BCUT2D eigenvalue weighted by atomic mass is 16.5. The Kier molecular flexibility index (Phi) is 3.07. The van der Waals surface area contributed by atoms with E-state index in [2.05, 4.69) is 35.1 Å². The summed E-state index contributed by atoms with van der Waals surface area (Å²) in [5.41, 5.74) is 2.32. The summed E-state index contributed by atoms with van der Waals surface area (Å²) in [6.07, 6.45) is 1.88. The van der Waals surface area contributed by atoms with Gasteiger partial charge in [-0.15, -0.1) is 0 Å². The SMILES string of the molecule is CN1CC(CO)OC(c2cccc3[nH]ccc23)C1. The number of aliphatic hydroxyl groups excluding tert-OH is 1. The van der Waals surface area contributed by atoms with Gasteiger partial charge in [0.15, 0.2) is 0 Å². The number of nitrogens with one attached hydrogen (secondary N) is 1. The molecular formula is C14H18N2O2. The predicted molar refractivity (Wildman–Crippen MR) is 70.5 cm³/mol. The van der Waals surface area contributed by atoms with Crippen LogP contribution in [0.1, 0.15) is 11.7 Å². The van der Waals surface area contributed by atoms with Crippen molar-refractivity contribution in [2.45, 2.75) is 12.2 Å².